The lowest BCUT2D eigenvalue weighted by atomic mass is 9.99. The molecule has 1 unspecified atom stereocenters. The monoisotopic (exact) mass is 735 g/mol. The van der Waals surface area contributed by atoms with Gasteiger partial charge in [-0.05, 0) is 54.3 Å². The van der Waals surface area contributed by atoms with Crippen molar-refractivity contribution in [2.75, 3.05) is 51.7 Å². The second-order valence-electron chi connectivity index (χ2n) is 13.5. The number of hydrogen-bond donors (Lipinski definition) is 2. The number of hydrogen-bond acceptors (Lipinski definition) is 7. The molecule has 12 nitrogen and oxygen atoms in total. The van der Waals surface area contributed by atoms with Gasteiger partial charge in [0.05, 0.1) is 16.6 Å². The van der Waals surface area contributed by atoms with Gasteiger partial charge in [-0.3, -0.25) is 33.7 Å². The second-order valence-corrected chi connectivity index (χ2v) is 13.5. The summed E-state index contributed by atoms with van der Waals surface area (Å²) in [7, 11) is 4.74. The van der Waals surface area contributed by atoms with Crippen molar-refractivity contribution in [3.8, 4) is 16.9 Å². The average Bonchev–Trinajstić information content (AvgIpc) is 3.67. The number of carbonyl (C=O) groups excluding carboxylic acids is 3. The molecule has 278 valence electrons. The second kappa shape index (κ2) is 13.7. The van der Waals surface area contributed by atoms with E-state index in [-0.39, 0.29) is 52.2 Å². The Bertz CT molecular complexity index is 2320. The van der Waals surface area contributed by atoms with Crippen molar-refractivity contribution in [3.63, 3.8) is 0 Å². The molecule has 2 N–H and O–H groups in total. The summed E-state index contributed by atoms with van der Waals surface area (Å²) in [5.74, 6) is -2.37. The molecule has 5 aromatic rings. The number of carbonyl (C=O) groups is 3. The zero-order valence-electron chi connectivity index (χ0n) is 29.2. The number of imide groups is 1. The van der Waals surface area contributed by atoms with Crippen LogP contribution in [0, 0.1) is 5.82 Å². The molecule has 53 heavy (non-hydrogen) atoms. The third-order valence-electron chi connectivity index (χ3n) is 10.0. The van der Waals surface area contributed by atoms with Crippen LogP contribution in [-0.2, 0) is 23.1 Å². The van der Waals surface area contributed by atoms with Crippen LogP contribution in [0.1, 0.15) is 34.9 Å². The summed E-state index contributed by atoms with van der Waals surface area (Å²) in [4.78, 5) is 58.5. The van der Waals surface area contributed by atoms with E-state index in [1.54, 1.807) is 19.2 Å². The third kappa shape index (κ3) is 6.86. The first-order valence-corrected chi connectivity index (χ1v) is 17.1. The molecule has 3 amide bonds. The van der Waals surface area contributed by atoms with Crippen LogP contribution in [0.4, 0.5) is 23.2 Å². The topological polar surface area (TPSA) is 125 Å². The van der Waals surface area contributed by atoms with Crippen LogP contribution >= 0.6 is 0 Å². The first-order chi connectivity index (χ1) is 25.2. The predicted octanol–water partition coefficient (Wildman–Crippen LogP) is 4.57. The number of aryl methyl sites for hydroxylation is 1. The van der Waals surface area contributed by atoms with Crippen LogP contribution in [0.25, 0.3) is 33.1 Å². The number of alkyl halides is 3. The number of benzene rings is 3. The highest BCUT2D eigenvalue weighted by Crippen LogP contribution is 2.41. The molecule has 0 spiro atoms. The van der Waals surface area contributed by atoms with Crippen molar-refractivity contribution in [3.05, 3.63) is 82.2 Å². The van der Waals surface area contributed by atoms with Crippen molar-refractivity contribution in [2.24, 2.45) is 7.05 Å². The molecule has 2 fully saturated rings. The number of para-hydroxylation sites is 1. The number of aromatic nitrogens is 3. The molecule has 2 aliphatic rings. The molecule has 16 heteroatoms. The zero-order chi connectivity index (χ0) is 37.8. The lowest BCUT2D eigenvalue weighted by Crippen LogP contribution is -2.47. The summed E-state index contributed by atoms with van der Waals surface area (Å²) < 4.78 is 63.5. The summed E-state index contributed by atoms with van der Waals surface area (Å²) in [5.41, 5.74) is 2.90. The first-order valence-electron chi connectivity index (χ1n) is 17.1. The quantitative estimate of drug-likeness (QED) is 0.177. The Labute approximate surface area is 300 Å². The summed E-state index contributed by atoms with van der Waals surface area (Å²) in [5, 5.41) is 2.57. The van der Waals surface area contributed by atoms with E-state index < -0.39 is 35.8 Å². The fourth-order valence-corrected chi connectivity index (χ4v) is 7.37. The van der Waals surface area contributed by atoms with Gasteiger partial charge in [0, 0.05) is 83.0 Å². The van der Waals surface area contributed by atoms with Gasteiger partial charge in [-0.15, -0.1) is 13.2 Å². The molecular formula is C37H37F4N7O5. The molecule has 1 atom stereocenters. The zero-order valence-corrected chi connectivity index (χ0v) is 29.2. The van der Waals surface area contributed by atoms with Crippen molar-refractivity contribution in [1.82, 2.24) is 29.2 Å². The highest BCUT2D eigenvalue weighted by molar-refractivity contribution is 6.04. The van der Waals surface area contributed by atoms with Gasteiger partial charge < -0.3 is 19.5 Å². The van der Waals surface area contributed by atoms with Crippen molar-refractivity contribution >= 4 is 45.3 Å². The minimum Gasteiger partial charge on any atom is -0.405 e. The molecule has 2 aromatic heterocycles. The number of anilines is 1. The van der Waals surface area contributed by atoms with Crippen molar-refractivity contribution in [1.29, 1.82) is 0 Å². The van der Waals surface area contributed by atoms with Crippen LogP contribution in [0.3, 0.4) is 0 Å². The Morgan fingerprint density at radius 2 is 1.72 bits per heavy atom. The Balaban J connectivity index is 1.09. The lowest BCUT2D eigenvalue weighted by Gasteiger charge is -2.36. The van der Waals surface area contributed by atoms with Crippen LogP contribution in [-0.4, -0.2) is 94.8 Å². The molecule has 4 heterocycles. The van der Waals surface area contributed by atoms with Gasteiger partial charge in [-0.25, -0.2) is 9.18 Å². The molecule has 0 saturated carbocycles. The molecule has 0 bridgehead atoms. The number of halogens is 4. The summed E-state index contributed by atoms with van der Waals surface area (Å²) in [6.45, 7) is 2.94. The van der Waals surface area contributed by atoms with E-state index in [0.29, 0.717) is 50.3 Å². The molecule has 3 aromatic carbocycles. The standard InChI is InChI=1S/C37H37F4N7O5/c1-44(2)35(51)27-20-25-23(9-10-26(38)32(25)42-27)24-8-7-22(19-30(24)53-37(39,40)41)47-17-15-46(16-18-47)14-13-21-5-4-6-28-33(21)45(3)36(52)48(28)29-11-12-31(49)43-34(29)50/h4-10,19-20,29,42H,11-18H2,1-3H3,(H,43,49,50). The van der Waals surface area contributed by atoms with Crippen molar-refractivity contribution in [2.45, 2.75) is 31.7 Å². The predicted molar refractivity (Wildman–Crippen MR) is 189 cm³/mol. The van der Waals surface area contributed by atoms with E-state index in [0.717, 1.165) is 17.1 Å². The maximum absolute atomic E-state index is 14.8. The number of nitrogens with one attached hydrogen (secondary N) is 2. The minimum absolute atomic E-state index is 0.00352. The Hall–Kier alpha value is -5.64. The highest BCUT2D eigenvalue weighted by Gasteiger charge is 2.34. The number of rotatable bonds is 8. The normalized spacial score (nSPS) is 17.1. The van der Waals surface area contributed by atoms with E-state index in [4.69, 9.17) is 0 Å². The van der Waals surface area contributed by atoms with Gasteiger partial charge in [-0.1, -0.05) is 18.2 Å². The lowest BCUT2D eigenvalue weighted by molar-refractivity contribution is -0.274. The number of fused-ring (bicyclic) bond motifs is 2. The fraction of sp³-hybridized carbons (Fsp3) is 0.351. The Kier molecular flexibility index (Phi) is 9.26. The number of piperazine rings is 1. The van der Waals surface area contributed by atoms with Crippen LogP contribution in [0.5, 0.6) is 5.75 Å². The molecule has 0 radical (unpaired) electrons. The highest BCUT2D eigenvalue weighted by atomic mass is 19.4. The van der Waals surface area contributed by atoms with Gasteiger partial charge >= 0.3 is 12.1 Å². The molecule has 2 saturated heterocycles. The Morgan fingerprint density at radius 1 is 0.981 bits per heavy atom. The van der Waals surface area contributed by atoms with E-state index in [1.165, 1.54) is 52.4 Å². The number of ether oxygens (including phenoxy) is 1. The maximum atomic E-state index is 14.8. The van der Waals surface area contributed by atoms with Gasteiger partial charge in [0.15, 0.2) is 0 Å². The van der Waals surface area contributed by atoms with Crippen LogP contribution in [0.15, 0.2) is 59.4 Å². The summed E-state index contributed by atoms with van der Waals surface area (Å²) in [6.07, 6.45) is -3.99. The Morgan fingerprint density at radius 3 is 2.42 bits per heavy atom. The van der Waals surface area contributed by atoms with E-state index in [9.17, 15) is 36.7 Å². The minimum atomic E-state index is -5.00. The number of amides is 3. The number of nitrogens with zero attached hydrogens (tertiary/aromatic N) is 5. The van der Waals surface area contributed by atoms with Gasteiger partial charge in [0.25, 0.3) is 5.91 Å². The van der Waals surface area contributed by atoms with Gasteiger partial charge in [0.2, 0.25) is 11.8 Å². The average molecular weight is 736 g/mol. The first kappa shape index (κ1) is 35.7. The SMILES string of the molecule is CN(C)C(=O)c1cc2c(-c3ccc(N4CCN(CCc5cccc6c5n(C)c(=O)n6C5CCC(=O)NC5=O)CC4)cc3OC(F)(F)F)ccc(F)c2[nH]1. The third-order valence-corrected chi connectivity index (χ3v) is 10.0. The fourth-order valence-electron chi connectivity index (χ4n) is 7.37. The van der Waals surface area contributed by atoms with Crippen molar-refractivity contribution < 1.29 is 36.7 Å². The molecule has 0 aliphatic carbocycles. The van der Waals surface area contributed by atoms with E-state index in [2.05, 4.69) is 19.9 Å². The number of piperidine rings is 1. The van der Waals surface area contributed by atoms with Gasteiger partial charge in [0.1, 0.15) is 23.3 Å². The smallest absolute Gasteiger partial charge is 0.405 e. The number of imidazole rings is 1. The summed E-state index contributed by atoms with van der Waals surface area (Å²) in [6, 6.07) is 13.3. The largest absolute Gasteiger partial charge is 0.573 e. The van der Waals surface area contributed by atoms with E-state index >= 15 is 0 Å². The van der Waals surface area contributed by atoms with Crippen LogP contribution in [0.2, 0.25) is 0 Å². The number of H-pyrrole nitrogens is 1. The molecule has 7 rings (SSSR count). The summed E-state index contributed by atoms with van der Waals surface area (Å²) >= 11 is 0. The number of aromatic amines is 1. The maximum Gasteiger partial charge on any atom is 0.573 e. The molecule has 2 aliphatic heterocycles. The van der Waals surface area contributed by atoms with E-state index in [1.807, 2.05) is 17.0 Å². The van der Waals surface area contributed by atoms with Crippen LogP contribution < -0.4 is 20.6 Å². The molecular weight excluding hydrogens is 698 g/mol. The van der Waals surface area contributed by atoms with Gasteiger partial charge in [-0.2, -0.15) is 0 Å².